The lowest BCUT2D eigenvalue weighted by Gasteiger charge is -2.18. The normalized spacial score (nSPS) is 16.4. The van der Waals surface area contributed by atoms with E-state index in [1.54, 1.807) is 27.7 Å². The van der Waals surface area contributed by atoms with Crippen molar-refractivity contribution in [3.05, 3.63) is 63.3 Å². The van der Waals surface area contributed by atoms with Gasteiger partial charge in [0.25, 0.3) is 5.56 Å². The van der Waals surface area contributed by atoms with Crippen LogP contribution in [0.2, 0.25) is 0 Å². The fourth-order valence-corrected chi connectivity index (χ4v) is 6.43. The Morgan fingerprint density at radius 2 is 2.10 bits per heavy atom. The predicted octanol–water partition coefficient (Wildman–Crippen LogP) is 5.20. The highest BCUT2D eigenvalue weighted by Crippen LogP contribution is 2.41. The highest BCUT2D eigenvalue weighted by Gasteiger charge is 2.28. The SMILES string of the molecule is C=C(C)CSc1nnc2n(-c3ccccc3)c(=O)c3c4c(sc3n12)CCC[C@@H]4C. The molecule has 7 heteroatoms. The topological polar surface area (TPSA) is 52.2 Å². The zero-order valence-corrected chi connectivity index (χ0v) is 18.1. The number of benzene rings is 1. The average Bonchev–Trinajstić information content (AvgIpc) is 3.29. The summed E-state index contributed by atoms with van der Waals surface area (Å²) in [5.41, 5.74) is 3.14. The zero-order valence-electron chi connectivity index (χ0n) is 16.5. The molecule has 1 aromatic carbocycles. The van der Waals surface area contributed by atoms with E-state index in [0.29, 0.717) is 11.7 Å². The number of hydrogen-bond acceptors (Lipinski definition) is 5. The molecule has 0 radical (unpaired) electrons. The molecule has 4 aromatic rings. The maximum atomic E-state index is 13.8. The van der Waals surface area contributed by atoms with Gasteiger partial charge in [-0.15, -0.1) is 21.5 Å². The second-order valence-electron chi connectivity index (χ2n) is 7.75. The standard InChI is InChI=1S/C22H22N4OS2/c1-13(2)12-28-22-24-23-21-25(15-9-5-4-6-10-15)19(27)18-17-14(3)8-7-11-16(17)29-20(18)26(21)22/h4-6,9-10,14H,1,7-8,11-12H2,2-3H3/t14-/m0/s1. The third-order valence-corrected chi connectivity index (χ3v) is 7.85. The van der Waals surface area contributed by atoms with Crippen molar-refractivity contribution in [2.24, 2.45) is 0 Å². The van der Waals surface area contributed by atoms with Crippen molar-refractivity contribution >= 4 is 39.1 Å². The third kappa shape index (κ3) is 2.95. The molecule has 0 amide bonds. The molecule has 0 N–H and O–H groups in total. The Kier molecular flexibility index (Phi) is 4.59. The molecular formula is C22H22N4OS2. The van der Waals surface area contributed by atoms with Gasteiger partial charge in [-0.1, -0.05) is 49.0 Å². The quantitative estimate of drug-likeness (QED) is 0.335. The number of thioether (sulfide) groups is 1. The number of hydrogen-bond donors (Lipinski definition) is 0. The summed E-state index contributed by atoms with van der Waals surface area (Å²) in [7, 11) is 0. The first-order valence-corrected chi connectivity index (χ1v) is 11.6. The summed E-state index contributed by atoms with van der Waals surface area (Å²) in [6.07, 6.45) is 3.35. The van der Waals surface area contributed by atoms with E-state index in [1.807, 2.05) is 37.3 Å². The fraction of sp³-hybridized carbons (Fsp3) is 0.318. The molecule has 0 aliphatic heterocycles. The van der Waals surface area contributed by atoms with Gasteiger partial charge in [0.2, 0.25) is 5.78 Å². The lowest BCUT2D eigenvalue weighted by Crippen LogP contribution is -2.22. The Bertz CT molecular complexity index is 1300. The maximum Gasteiger partial charge on any atom is 0.268 e. The molecule has 5 rings (SSSR count). The first kappa shape index (κ1) is 18.6. The van der Waals surface area contributed by atoms with Crippen LogP contribution in [0.3, 0.4) is 0 Å². The second-order valence-corrected chi connectivity index (χ2v) is 9.78. The van der Waals surface area contributed by atoms with Crippen LogP contribution in [0, 0.1) is 0 Å². The number of aromatic nitrogens is 4. The molecule has 3 aromatic heterocycles. The van der Waals surface area contributed by atoms with Gasteiger partial charge in [-0.05, 0) is 49.8 Å². The van der Waals surface area contributed by atoms with E-state index in [4.69, 9.17) is 0 Å². The molecule has 148 valence electrons. The Morgan fingerprint density at radius 3 is 2.86 bits per heavy atom. The number of aryl methyl sites for hydroxylation is 1. The van der Waals surface area contributed by atoms with E-state index in [9.17, 15) is 4.79 Å². The smallest absolute Gasteiger partial charge is 0.268 e. The van der Waals surface area contributed by atoms with Crippen LogP contribution < -0.4 is 5.56 Å². The third-order valence-electron chi connectivity index (χ3n) is 5.44. The minimum absolute atomic E-state index is 0.00815. The summed E-state index contributed by atoms with van der Waals surface area (Å²) in [4.78, 5) is 16.1. The molecule has 0 bridgehead atoms. The van der Waals surface area contributed by atoms with Gasteiger partial charge in [-0.25, -0.2) is 8.97 Å². The molecular weight excluding hydrogens is 400 g/mol. The first-order chi connectivity index (χ1) is 14.1. The van der Waals surface area contributed by atoms with Crippen molar-refractivity contribution in [2.75, 3.05) is 5.75 Å². The van der Waals surface area contributed by atoms with Gasteiger partial charge in [0.15, 0.2) is 5.16 Å². The molecule has 3 heterocycles. The zero-order chi connectivity index (χ0) is 20.1. The van der Waals surface area contributed by atoms with Crippen molar-refractivity contribution in [1.29, 1.82) is 0 Å². The summed E-state index contributed by atoms with van der Waals surface area (Å²) in [5, 5.41) is 10.5. The Morgan fingerprint density at radius 1 is 1.31 bits per heavy atom. The van der Waals surface area contributed by atoms with Crippen LogP contribution >= 0.6 is 23.1 Å². The number of para-hydroxylation sites is 1. The molecule has 0 spiro atoms. The Hall–Kier alpha value is -2.38. The largest absolute Gasteiger partial charge is 0.268 e. The number of nitrogens with zero attached hydrogens (tertiary/aromatic N) is 4. The highest BCUT2D eigenvalue weighted by molar-refractivity contribution is 7.99. The monoisotopic (exact) mass is 422 g/mol. The molecule has 29 heavy (non-hydrogen) atoms. The lowest BCUT2D eigenvalue weighted by atomic mass is 9.88. The van der Waals surface area contributed by atoms with Gasteiger partial charge in [0, 0.05) is 10.6 Å². The van der Waals surface area contributed by atoms with Crippen LogP contribution in [0.4, 0.5) is 0 Å². The van der Waals surface area contributed by atoms with Gasteiger partial charge in [0.1, 0.15) is 4.83 Å². The van der Waals surface area contributed by atoms with Crippen LogP contribution in [0.25, 0.3) is 21.7 Å². The van der Waals surface area contributed by atoms with Crippen LogP contribution in [0.1, 0.15) is 43.0 Å². The van der Waals surface area contributed by atoms with E-state index in [-0.39, 0.29) is 5.56 Å². The molecule has 0 saturated carbocycles. The molecule has 0 unspecified atom stereocenters. The minimum Gasteiger partial charge on any atom is -0.268 e. The van der Waals surface area contributed by atoms with Gasteiger partial charge in [-0.3, -0.25) is 4.79 Å². The van der Waals surface area contributed by atoms with Gasteiger partial charge in [-0.2, -0.15) is 0 Å². The summed E-state index contributed by atoms with van der Waals surface area (Å²) in [6.45, 7) is 8.26. The number of rotatable bonds is 4. The summed E-state index contributed by atoms with van der Waals surface area (Å²) >= 11 is 3.36. The Balaban J connectivity index is 1.91. The summed E-state index contributed by atoms with van der Waals surface area (Å²) < 4.78 is 3.79. The summed E-state index contributed by atoms with van der Waals surface area (Å²) in [6, 6.07) is 9.75. The van der Waals surface area contributed by atoms with Crippen LogP contribution in [-0.4, -0.2) is 24.9 Å². The first-order valence-electron chi connectivity index (χ1n) is 9.84. The fourth-order valence-electron chi connectivity index (χ4n) is 4.14. The average molecular weight is 423 g/mol. The molecule has 1 aliphatic carbocycles. The lowest BCUT2D eigenvalue weighted by molar-refractivity contribution is 0.601. The predicted molar refractivity (Wildman–Crippen MR) is 121 cm³/mol. The minimum atomic E-state index is 0.00815. The van der Waals surface area contributed by atoms with Crippen molar-refractivity contribution in [3.8, 4) is 5.69 Å². The number of thiophene rings is 1. The van der Waals surface area contributed by atoms with E-state index < -0.39 is 0 Å². The number of fused-ring (bicyclic) bond motifs is 5. The van der Waals surface area contributed by atoms with Crippen LogP contribution in [0.15, 0.2) is 52.4 Å². The maximum absolute atomic E-state index is 13.8. The van der Waals surface area contributed by atoms with Gasteiger partial charge < -0.3 is 0 Å². The van der Waals surface area contributed by atoms with E-state index in [0.717, 1.165) is 45.2 Å². The van der Waals surface area contributed by atoms with Crippen LogP contribution in [-0.2, 0) is 6.42 Å². The molecule has 1 atom stereocenters. The van der Waals surface area contributed by atoms with E-state index in [2.05, 4.69) is 28.1 Å². The van der Waals surface area contributed by atoms with Crippen molar-refractivity contribution in [1.82, 2.24) is 19.2 Å². The highest BCUT2D eigenvalue weighted by atomic mass is 32.2. The summed E-state index contributed by atoms with van der Waals surface area (Å²) in [5.74, 6) is 1.74. The second kappa shape index (κ2) is 7.15. The molecule has 1 aliphatic rings. The Labute approximate surface area is 177 Å². The van der Waals surface area contributed by atoms with E-state index in [1.165, 1.54) is 16.9 Å². The molecule has 0 saturated heterocycles. The van der Waals surface area contributed by atoms with Crippen molar-refractivity contribution < 1.29 is 0 Å². The van der Waals surface area contributed by atoms with Crippen molar-refractivity contribution in [2.45, 2.75) is 44.2 Å². The van der Waals surface area contributed by atoms with E-state index >= 15 is 0 Å². The van der Waals surface area contributed by atoms with Crippen molar-refractivity contribution in [3.63, 3.8) is 0 Å². The molecule has 5 nitrogen and oxygen atoms in total. The van der Waals surface area contributed by atoms with Gasteiger partial charge >= 0.3 is 0 Å². The molecule has 0 fully saturated rings. The van der Waals surface area contributed by atoms with Gasteiger partial charge in [0.05, 0.1) is 11.1 Å². The van der Waals surface area contributed by atoms with Crippen LogP contribution in [0.5, 0.6) is 0 Å².